The number of hydrogen-bond donors (Lipinski definition) is 1. The van der Waals surface area contributed by atoms with Crippen LogP contribution in [0.25, 0.3) is 0 Å². The van der Waals surface area contributed by atoms with Crippen LogP contribution in [0.5, 0.6) is 0 Å². The van der Waals surface area contributed by atoms with E-state index in [1.807, 2.05) is 27.7 Å². The van der Waals surface area contributed by atoms with Gasteiger partial charge in [-0.25, -0.2) is 0 Å². The molecule has 0 aliphatic heterocycles. The maximum atomic E-state index is 4.93. The van der Waals surface area contributed by atoms with Crippen LogP contribution in [-0.4, -0.2) is 17.9 Å². The second-order valence-corrected chi connectivity index (χ2v) is 2.45. The van der Waals surface area contributed by atoms with Crippen LogP contribution in [0.3, 0.4) is 0 Å². The second-order valence-electron chi connectivity index (χ2n) is 2.04. The molecule has 0 aromatic carbocycles. The van der Waals surface area contributed by atoms with Gasteiger partial charge in [0.15, 0.2) is 0 Å². The van der Waals surface area contributed by atoms with Gasteiger partial charge in [0, 0.05) is 7.05 Å². The molecular formula is C9H18N2S. The zero-order valence-electron chi connectivity index (χ0n) is 8.56. The quantitative estimate of drug-likeness (QED) is 0.294. The van der Waals surface area contributed by atoms with E-state index in [9.17, 15) is 0 Å². The molecule has 0 aliphatic rings. The molecule has 0 atom stereocenters. The summed E-state index contributed by atoms with van der Waals surface area (Å²) in [6.07, 6.45) is 0. The standard InChI is InChI=1S/C7H12N2S.C2H6/c1-5(2)7(10)9-6(3)8-4;1-2/h1H2,2-4H3,(H,8,9,10);1-2H3. The summed E-state index contributed by atoms with van der Waals surface area (Å²) >= 11 is 4.93. The average molecular weight is 186 g/mol. The summed E-state index contributed by atoms with van der Waals surface area (Å²) in [5, 5.41) is 2.91. The molecule has 0 rings (SSSR count). The number of amidine groups is 1. The third kappa shape index (κ3) is 7.41. The van der Waals surface area contributed by atoms with Crippen molar-refractivity contribution in [1.82, 2.24) is 5.32 Å². The first kappa shape index (κ1) is 13.9. The molecule has 1 N–H and O–H groups in total. The smallest absolute Gasteiger partial charge is 0.106 e. The van der Waals surface area contributed by atoms with E-state index in [1.165, 1.54) is 0 Å². The molecule has 0 radical (unpaired) electrons. The van der Waals surface area contributed by atoms with Gasteiger partial charge < -0.3 is 5.32 Å². The largest absolute Gasteiger partial charge is 0.335 e. The van der Waals surface area contributed by atoms with Crippen LogP contribution >= 0.6 is 12.2 Å². The molecule has 0 saturated carbocycles. The highest BCUT2D eigenvalue weighted by Crippen LogP contribution is 1.88. The summed E-state index contributed by atoms with van der Waals surface area (Å²) in [5.74, 6) is 0.813. The van der Waals surface area contributed by atoms with Gasteiger partial charge in [-0.05, 0) is 19.4 Å². The zero-order chi connectivity index (χ0) is 10.1. The van der Waals surface area contributed by atoms with Gasteiger partial charge in [-0.1, -0.05) is 32.6 Å². The third-order valence-corrected chi connectivity index (χ3v) is 1.47. The van der Waals surface area contributed by atoms with Crippen molar-refractivity contribution >= 4 is 23.0 Å². The summed E-state index contributed by atoms with van der Waals surface area (Å²) in [7, 11) is 1.71. The Labute approximate surface area is 80.8 Å². The van der Waals surface area contributed by atoms with Crippen LogP contribution in [-0.2, 0) is 0 Å². The van der Waals surface area contributed by atoms with Crippen molar-refractivity contribution in [3.63, 3.8) is 0 Å². The predicted octanol–water partition coefficient (Wildman–Crippen LogP) is 2.55. The Balaban J connectivity index is 0. The van der Waals surface area contributed by atoms with E-state index in [0.29, 0.717) is 4.99 Å². The number of rotatable bonds is 1. The summed E-state index contributed by atoms with van der Waals surface area (Å²) < 4.78 is 0. The van der Waals surface area contributed by atoms with Crippen LogP contribution in [0.1, 0.15) is 27.7 Å². The highest BCUT2D eigenvalue weighted by atomic mass is 32.1. The van der Waals surface area contributed by atoms with Crippen molar-refractivity contribution < 1.29 is 0 Å². The van der Waals surface area contributed by atoms with Crippen LogP contribution < -0.4 is 5.32 Å². The van der Waals surface area contributed by atoms with E-state index in [4.69, 9.17) is 12.2 Å². The fraction of sp³-hybridized carbons (Fsp3) is 0.556. The summed E-state index contributed by atoms with van der Waals surface area (Å²) in [5.41, 5.74) is 0.859. The van der Waals surface area contributed by atoms with Crippen molar-refractivity contribution in [3.05, 3.63) is 12.2 Å². The fourth-order valence-corrected chi connectivity index (χ4v) is 0.475. The van der Waals surface area contributed by atoms with Gasteiger partial charge in [0.1, 0.15) is 4.99 Å². The highest BCUT2D eigenvalue weighted by Gasteiger charge is 1.95. The third-order valence-electron chi connectivity index (χ3n) is 1.02. The SMILES string of the molecule is C=C(C)C(=S)NC(C)=NC.CC. The lowest BCUT2D eigenvalue weighted by molar-refractivity contribution is 1.28. The fourth-order valence-electron chi connectivity index (χ4n) is 0.327. The summed E-state index contributed by atoms with van der Waals surface area (Å²) in [4.78, 5) is 4.54. The molecular weight excluding hydrogens is 168 g/mol. The van der Waals surface area contributed by atoms with E-state index in [-0.39, 0.29) is 0 Å². The Hall–Kier alpha value is -0.700. The highest BCUT2D eigenvalue weighted by molar-refractivity contribution is 7.80. The predicted molar refractivity (Wildman–Crippen MR) is 60.9 cm³/mol. The molecule has 0 spiro atoms. The van der Waals surface area contributed by atoms with E-state index in [2.05, 4.69) is 16.9 Å². The molecule has 0 bridgehead atoms. The van der Waals surface area contributed by atoms with Gasteiger partial charge in [0.05, 0.1) is 5.84 Å². The Morgan fingerprint density at radius 3 is 2.00 bits per heavy atom. The number of nitrogens with zero attached hydrogens (tertiary/aromatic N) is 1. The maximum absolute atomic E-state index is 4.93. The monoisotopic (exact) mass is 186 g/mol. The number of nitrogens with one attached hydrogen (secondary N) is 1. The van der Waals surface area contributed by atoms with Gasteiger partial charge in [0.2, 0.25) is 0 Å². The Bertz CT molecular complexity index is 183. The normalized spacial score (nSPS) is 9.58. The molecule has 2 nitrogen and oxygen atoms in total. The lowest BCUT2D eigenvalue weighted by atomic mass is 10.3. The summed E-state index contributed by atoms with van der Waals surface area (Å²) in [6.45, 7) is 11.4. The second kappa shape index (κ2) is 8.40. The van der Waals surface area contributed by atoms with Gasteiger partial charge in [0.25, 0.3) is 0 Å². The van der Waals surface area contributed by atoms with Crippen molar-refractivity contribution in [2.75, 3.05) is 7.05 Å². The van der Waals surface area contributed by atoms with Crippen molar-refractivity contribution in [3.8, 4) is 0 Å². The van der Waals surface area contributed by atoms with Crippen molar-refractivity contribution in [1.29, 1.82) is 0 Å². The number of hydrogen-bond acceptors (Lipinski definition) is 2. The van der Waals surface area contributed by atoms with E-state index in [1.54, 1.807) is 7.05 Å². The van der Waals surface area contributed by atoms with Gasteiger partial charge >= 0.3 is 0 Å². The summed E-state index contributed by atoms with van der Waals surface area (Å²) in [6, 6.07) is 0. The van der Waals surface area contributed by atoms with Crippen LogP contribution in [0.2, 0.25) is 0 Å². The molecule has 0 unspecified atom stereocenters. The Kier molecular flexibility index (Phi) is 9.70. The van der Waals surface area contributed by atoms with Crippen molar-refractivity contribution in [2.24, 2.45) is 4.99 Å². The van der Waals surface area contributed by atoms with E-state index >= 15 is 0 Å². The first-order valence-corrected chi connectivity index (χ1v) is 4.39. The molecule has 0 aliphatic carbocycles. The van der Waals surface area contributed by atoms with Gasteiger partial charge in [-0.3, -0.25) is 4.99 Å². The molecule has 12 heavy (non-hydrogen) atoms. The van der Waals surface area contributed by atoms with Gasteiger partial charge in [-0.2, -0.15) is 0 Å². The minimum Gasteiger partial charge on any atom is -0.335 e. The zero-order valence-corrected chi connectivity index (χ0v) is 9.38. The molecule has 70 valence electrons. The van der Waals surface area contributed by atoms with E-state index < -0.39 is 0 Å². The first-order valence-electron chi connectivity index (χ1n) is 3.98. The Morgan fingerprint density at radius 2 is 1.75 bits per heavy atom. The Morgan fingerprint density at radius 1 is 1.33 bits per heavy atom. The minimum absolute atomic E-state index is 0.656. The van der Waals surface area contributed by atoms with Gasteiger partial charge in [-0.15, -0.1) is 0 Å². The topological polar surface area (TPSA) is 24.4 Å². The van der Waals surface area contributed by atoms with Crippen LogP contribution in [0, 0.1) is 0 Å². The number of thiocarbonyl (C=S) groups is 1. The maximum Gasteiger partial charge on any atom is 0.106 e. The average Bonchev–Trinajstić information content (AvgIpc) is 2.07. The molecule has 0 saturated heterocycles. The molecule has 3 heteroatoms. The van der Waals surface area contributed by atoms with Crippen LogP contribution in [0.15, 0.2) is 17.1 Å². The molecule has 0 aromatic rings. The minimum atomic E-state index is 0.656. The van der Waals surface area contributed by atoms with Crippen molar-refractivity contribution in [2.45, 2.75) is 27.7 Å². The first-order chi connectivity index (χ1) is 5.57. The lowest BCUT2D eigenvalue weighted by Crippen LogP contribution is -2.26. The van der Waals surface area contributed by atoms with Crippen LogP contribution in [0.4, 0.5) is 0 Å². The molecule has 0 fully saturated rings. The molecule has 0 heterocycles. The molecule has 0 amide bonds. The van der Waals surface area contributed by atoms with E-state index in [0.717, 1.165) is 11.4 Å². The number of aliphatic imine (C=N–C) groups is 1. The lowest BCUT2D eigenvalue weighted by Gasteiger charge is -2.04. The molecule has 0 aromatic heterocycles.